The summed E-state index contributed by atoms with van der Waals surface area (Å²) >= 11 is 24.3. The van der Waals surface area contributed by atoms with E-state index in [0.29, 0.717) is 26.5 Å². The first kappa shape index (κ1) is 16.7. The molecule has 1 N–H and O–H groups in total. The van der Waals surface area contributed by atoms with Crippen LogP contribution in [0.25, 0.3) is 11.3 Å². The van der Waals surface area contributed by atoms with Crippen molar-refractivity contribution in [1.29, 1.82) is 0 Å². The Bertz CT molecular complexity index is 851. The number of aromatic nitrogens is 2. The Labute approximate surface area is 154 Å². The molecule has 0 amide bonds. The molecule has 0 saturated heterocycles. The third-order valence-corrected chi connectivity index (χ3v) is 4.40. The minimum atomic E-state index is 0.574. The number of rotatable bonds is 3. The summed E-state index contributed by atoms with van der Waals surface area (Å²) in [6, 6.07) is 10.8. The number of aryl methyl sites for hydroxylation is 1. The highest BCUT2D eigenvalue weighted by atomic mass is 35.5. The number of benzene rings is 2. The van der Waals surface area contributed by atoms with Gasteiger partial charge in [0.2, 0.25) is 0 Å². The van der Waals surface area contributed by atoms with Crippen molar-refractivity contribution in [1.82, 2.24) is 9.97 Å². The SMILES string of the molecule is Cc1[nH]c(Cc2cc(Cl)cc(Cl)c2)nc1-c1ccc(Cl)cc1Cl. The van der Waals surface area contributed by atoms with Gasteiger partial charge in [-0.25, -0.2) is 4.98 Å². The normalized spacial score (nSPS) is 11.0. The number of nitrogens with zero attached hydrogens (tertiary/aromatic N) is 1. The number of hydrogen-bond donors (Lipinski definition) is 1. The second kappa shape index (κ2) is 6.74. The Morgan fingerprint density at radius 2 is 1.61 bits per heavy atom. The highest BCUT2D eigenvalue weighted by Crippen LogP contribution is 2.31. The molecule has 3 rings (SSSR count). The molecule has 118 valence electrons. The molecule has 0 fully saturated rings. The summed E-state index contributed by atoms with van der Waals surface area (Å²) in [7, 11) is 0. The average molecular weight is 386 g/mol. The fraction of sp³-hybridized carbons (Fsp3) is 0.118. The molecule has 0 atom stereocenters. The van der Waals surface area contributed by atoms with Crippen molar-refractivity contribution < 1.29 is 0 Å². The second-order valence-corrected chi connectivity index (χ2v) is 6.95. The van der Waals surface area contributed by atoms with Gasteiger partial charge >= 0.3 is 0 Å². The molecule has 0 spiro atoms. The molecule has 1 heterocycles. The lowest BCUT2D eigenvalue weighted by molar-refractivity contribution is 1.02. The van der Waals surface area contributed by atoms with Crippen molar-refractivity contribution >= 4 is 46.4 Å². The van der Waals surface area contributed by atoms with Gasteiger partial charge in [-0.2, -0.15) is 0 Å². The molecule has 23 heavy (non-hydrogen) atoms. The maximum atomic E-state index is 6.27. The Hall–Kier alpha value is -1.19. The summed E-state index contributed by atoms with van der Waals surface area (Å²) in [6.07, 6.45) is 0.604. The van der Waals surface area contributed by atoms with Crippen LogP contribution in [-0.4, -0.2) is 9.97 Å². The second-order valence-electron chi connectivity index (χ2n) is 5.24. The molecule has 0 radical (unpaired) electrons. The van der Waals surface area contributed by atoms with Gasteiger partial charge in [-0.15, -0.1) is 0 Å². The molecular formula is C17H12Cl4N2. The molecule has 3 aromatic rings. The van der Waals surface area contributed by atoms with E-state index >= 15 is 0 Å². The van der Waals surface area contributed by atoms with Gasteiger partial charge in [0.05, 0.1) is 10.7 Å². The van der Waals surface area contributed by atoms with E-state index in [2.05, 4.69) is 9.97 Å². The van der Waals surface area contributed by atoms with Gasteiger partial charge in [-0.05, 0) is 48.9 Å². The van der Waals surface area contributed by atoms with Crippen LogP contribution in [0.3, 0.4) is 0 Å². The van der Waals surface area contributed by atoms with Crippen LogP contribution in [0, 0.1) is 6.92 Å². The molecule has 0 saturated carbocycles. The van der Waals surface area contributed by atoms with Crippen LogP contribution in [0.4, 0.5) is 0 Å². The Morgan fingerprint density at radius 1 is 0.913 bits per heavy atom. The molecule has 1 aromatic heterocycles. The minimum absolute atomic E-state index is 0.574. The van der Waals surface area contributed by atoms with Gasteiger partial charge in [0.15, 0.2) is 0 Å². The topological polar surface area (TPSA) is 28.7 Å². The third kappa shape index (κ3) is 3.84. The van der Waals surface area contributed by atoms with Crippen LogP contribution in [0.2, 0.25) is 20.1 Å². The van der Waals surface area contributed by atoms with Gasteiger partial charge < -0.3 is 4.98 Å². The summed E-state index contributed by atoms with van der Waals surface area (Å²) in [5.74, 6) is 0.821. The number of hydrogen-bond acceptors (Lipinski definition) is 1. The van der Waals surface area contributed by atoms with E-state index in [0.717, 1.165) is 28.3 Å². The number of halogens is 4. The van der Waals surface area contributed by atoms with Gasteiger partial charge in [0, 0.05) is 32.7 Å². The predicted molar refractivity (Wildman–Crippen MR) is 98.0 cm³/mol. The monoisotopic (exact) mass is 384 g/mol. The van der Waals surface area contributed by atoms with E-state index in [9.17, 15) is 0 Å². The maximum Gasteiger partial charge on any atom is 0.111 e. The molecule has 0 aliphatic rings. The average Bonchev–Trinajstić information content (AvgIpc) is 2.78. The van der Waals surface area contributed by atoms with Crippen molar-refractivity contribution in [2.45, 2.75) is 13.3 Å². The predicted octanol–water partition coefficient (Wildman–Crippen LogP) is 6.59. The number of H-pyrrole nitrogens is 1. The highest BCUT2D eigenvalue weighted by Gasteiger charge is 2.13. The summed E-state index contributed by atoms with van der Waals surface area (Å²) in [4.78, 5) is 7.94. The summed E-state index contributed by atoms with van der Waals surface area (Å²) < 4.78 is 0. The lowest BCUT2D eigenvalue weighted by Gasteiger charge is -2.02. The molecule has 6 heteroatoms. The molecule has 2 nitrogen and oxygen atoms in total. The first-order valence-corrected chi connectivity index (χ1v) is 8.39. The number of imidazole rings is 1. The fourth-order valence-electron chi connectivity index (χ4n) is 2.46. The van der Waals surface area contributed by atoms with E-state index in [4.69, 9.17) is 46.4 Å². The van der Waals surface area contributed by atoms with Gasteiger partial charge in [-0.3, -0.25) is 0 Å². The van der Waals surface area contributed by atoms with E-state index in [1.54, 1.807) is 18.2 Å². The van der Waals surface area contributed by atoms with Crippen molar-refractivity contribution in [2.75, 3.05) is 0 Å². The van der Waals surface area contributed by atoms with Crippen LogP contribution in [0.1, 0.15) is 17.1 Å². The van der Waals surface area contributed by atoms with Crippen LogP contribution in [0.15, 0.2) is 36.4 Å². The van der Waals surface area contributed by atoms with Crippen LogP contribution >= 0.6 is 46.4 Å². The molecule has 2 aromatic carbocycles. The Morgan fingerprint density at radius 3 is 2.26 bits per heavy atom. The lowest BCUT2D eigenvalue weighted by atomic mass is 10.1. The van der Waals surface area contributed by atoms with E-state index < -0.39 is 0 Å². The number of aromatic amines is 1. The lowest BCUT2D eigenvalue weighted by Crippen LogP contribution is -1.91. The largest absolute Gasteiger partial charge is 0.345 e. The Balaban J connectivity index is 1.94. The maximum absolute atomic E-state index is 6.27. The smallest absolute Gasteiger partial charge is 0.111 e. The van der Waals surface area contributed by atoms with Gasteiger partial charge in [0.25, 0.3) is 0 Å². The highest BCUT2D eigenvalue weighted by molar-refractivity contribution is 6.36. The van der Waals surface area contributed by atoms with E-state index in [1.807, 2.05) is 25.1 Å². The molecule has 0 unspecified atom stereocenters. The summed E-state index contributed by atoms with van der Waals surface area (Å²) in [5, 5.41) is 2.39. The third-order valence-electron chi connectivity index (χ3n) is 3.41. The van der Waals surface area contributed by atoms with Crippen LogP contribution < -0.4 is 0 Å². The zero-order chi connectivity index (χ0) is 16.6. The van der Waals surface area contributed by atoms with Crippen molar-refractivity contribution in [3.05, 3.63) is 73.6 Å². The zero-order valence-corrected chi connectivity index (χ0v) is 15.2. The van der Waals surface area contributed by atoms with Crippen molar-refractivity contribution in [3.8, 4) is 11.3 Å². The van der Waals surface area contributed by atoms with E-state index in [1.165, 1.54) is 0 Å². The van der Waals surface area contributed by atoms with E-state index in [-0.39, 0.29) is 0 Å². The summed E-state index contributed by atoms with van der Waals surface area (Å²) in [6.45, 7) is 1.96. The van der Waals surface area contributed by atoms with Gasteiger partial charge in [-0.1, -0.05) is 46.4 Å². The molecular weight excluding hydrogens is 374 g/mol. The minimum Gasteiger partial charge on any atom is -0.345 e. The summed E-state index contributed by atoms with van der Waals surface area (Å²) in [5.41, 5.74) is 3.59. The molecule has 0 bridgehead atoms. The first-order chi connectivity index (χ1) is 10.9. The number of nitrogens with one attached hydrogen (secondary N) is 1. The Kier molecular flexibility index (Phi) is 4.88. The van der Waals surface area contributed by atoms with Gasteiger partial charge in [0.1, 0.15) is 5.82 Å². The zero-order valence-electron chi connectivity index (χ0n) is 12.1. The quantitative estimate of drug-likeness (QED) is 0.541. The molecule has 0 aliphatic carbocycles. The fourth-order valence-corrected chi connectivity index (χ4v) is 3.53. The van der Waals surface area contributed by atoms with Crippen LogP contribution in [-0.2, 0) is 6.42 Å². The van der Waals surface area contributed by atoms with Crippen molar-refractivity contribution in [2.24, 2.45) is 0 Å². The van der Waals surface area contributed by atoms with Crippen molar-refractivity contribution in [3.63, 3.8) is 0 Å². The standard InChI is InChI=1S/C17H12Cl4N2/c1-9-17(14-3-2-11(18)8-15(14)21)23-16(22-9)6-10-4-12(19)7-13(20)5-10/h2-5,7-8H,6H2,1H3,(H,22,23). The molecule has 0 aliphatic heterocycles. The first-order valence-electron chi connectivity index (χ1n) is 6.88. The van der Waals surface area contributed by atoms with Crippen LogP contribution in [0.5, 0.6) is 0 Å².